The van der Waals surface area contributed by atoms with Crippen molar-refractivity contribution in [2.24, 2.45) is 0 Å². The highest BCUT2D eigenvalue weighted by Gasteiger charge is 2.38. The first-order valence-corrected chi connectivity index (χ1v) is 8.73. The van der Waals surface area contributed by atoms with Crippen LogP contribution in [-0.2, 0) is 4.79 Å². The number of rotatable bonds is 3. The van der Waals surface area contributed by atoms with Crippen molar-refractivity contribution < 1.29 is 14.3 Å². The van der Waals surface area contributed by atoms with Gasteiger partial charge in [0, 0.05) is 0 Å². The van der Waals surface area contributed by atoms with Crippen LogP contribution in [0.2, 0.25) is 0 Å². The third-order valence-corrected chi connectivity index (χ3v) is 5.26. The number of aryl methyl sites for hydroxylation is 2. The molecule has 0 N–H and O–H groups in total. The molecule has 128 valence electrons. The van der Waals surface area contributed by atoms with E-state index in [4.69, 9.17) is 4.74 Å². The average Bonchev–Trinajstić information content (AvgIpc) is 2.91. The van der Waals surface area contributed by atoms with Gasteiger partial charge in [-0.05, 0) is 73.0 Å². The first-order chi connectivity index (χ1) is 11.9. The molecule has 2 aromatic rings. The molecule has 0 unspecified atom stereocenters. The van der Waals surface area contributed by atoms with Crippen molar-refractivity contribution in [1.29, 1.82) is 0 Å². The summed E-state index contributed by atoms with van der Waals surface area (Å²) in [7, 11) is 1.60. The van der Waals surface area contributed by atoms with E-state index in [-0.39, 0.29) is 11.1 Å². The Labute approximate surface area is 151 Å². The summed E-state index contributed by atoms with van der Waals surface area (Å²) in [4.78, 5) is 27.2. The molecule has 0 atom stereocenters. The molecule has 1 saturated heterocycles. The molecule has 0 radical (unpaired) electrons. The van der Waals surface area contributed by atoms with E-state index in [0.717, 1.165) is 34.0 Å². The molecule has 1 fully saturated rings. The number of carbonyl (C=O) groups excluding carboxylic acids is 2. The summed E-state index contributed by atoms with van der Waals surface area (Å²) >= 11 is 0.984. The monoisotopic (exact) mass is 353 g/mol. The van der Waals surface area contributed by atoms with Gasteiger partial charge >= 0.3 is 0 Å². The van der Waals surface area contributed by atoms with Gasteiger partial charge in [-0.3, -0.25) is 9.59 Å². The standard InChI is InChI=1S/C20H19NO3S/c1-12-8-9-13(2)17(10-12)21-19(22)18(25-20(21)23)14(3)15-6-5-7-16(11-15)24-4/h5-11H,1-4H3/b18-14-. The first kappa shape index (κ1) is 17.3. The van der Waals surface area contributed by atoms with Crippen LogP contribution < -0.4 is 9.64 Å². The summed E-state index contributed by atoms with van der Waals surface area (Å²) in [5, 5.41) is -0.268. The maximum absolute atomic E-state index is 12.9. The number of allylic oxidation sites excluding steroid dienone is 1. The number of methoxy groups -OCH3 is 1. The van der Waals surface area contributed by atoms with Crippen LogP contribution in [0.1, 0.15) is 23.6 Å². The van der Waals surface area contributed by atoms with Crippen molar-refractivity contribution in [3.8, 4) is 5.75 Å². The molecule has 0 bridgehead atoms. The zero-order chi connectivity index (χ0) is 18.1. The molecular weight excluding hydrogens is 334 g/mol. The molecule has 1 heterocycles. The van der Waals surface area contributed by atoms with E-state index in [1.807, 2.05) is 63.2 Å². The van der Waals surface area contributed by atoms with Gasteiger partial charge < -0.3 is 4.74 Å². The second-order valence-corrected chi connectivity index (χ2v) is 6.95. The highest BCUT2D eigenvalue weighted by molar-refractivity contribution is 8.19. The number of hydrogen-bond donors (Lipinski definition) is 0. The van der Waals surface area contributed by atoms with E-state index >= 15 is 0 Å². The zero-order valence-electron chi connectivity index (χ0n) is 14.6. The summed E-state index contributed by atoms with van der Waals surface area (Å²) < 4.78 is 5.24. The maximum atomic E-state index is 12.9. The first-order valence-electron chi connectivity index (χ1n) is 7.91. The number of imide groups is 1. The highest BCUT2D eigenvalue weighted by atomic mass is 32.2. The lowest BCUT2D eigenvalue weighted by Gasteiger charge is -2.16. The van der Waals surface area contributed by atoms with Gasteiger partial charge in [0.2, 0.25) is 0 Å². The SMILES string of the molecule is COc1cccc(/C(C)=C2\SC(=O)N(c3cc(C)ccc3C)C2=O)c1. The second kappa shape index (κ2) is 6.76. The minimum Gasteiger partial charge on any atom is -0.497 e. The van der Waals surface area contributed by atoms with Crippen molar-refractivity contribution >= 4 is 34.2 Å². The summed E-state index contributed by atoms with van der Waals surface area (Å²) in [5.41, 5.74) is 4.19. The topological polar surface area (TPSA) is 46.6 Å². The van der Waals surface area contributed by atoms with Crippen molar-refractivity contribution in [1.82, 2.24) is 0 Å². The highest BCUT2D eigenvalue weighted by Crippen LogP contribution is 2.40. The molecular formula is C20H19NO3S. The number of thioether (sulfide) groups is 1. The van der Waals surface area contributed by atoms with Crippen LogP contribution in [0, 0.1) is 13.8 Å². The Morgan fingerprint density at radius 3 is 2.56 bits per heavy atom. The van der Waals surface area contributed by atoms with E-state index in [0.29, 0.717) is 16.3 Å². The van der Waals surface area contributed by atoms with E-state index < -0.39 is 0 Å². The molecule has 25 heavy (non-hydrogen) atoms. The molecule has 5 heteroatoms. The molecule has 4 nitrogen and oxygen atoms in total. The molecule has 3 rings (SSSR count). The van der Waals surface area contributed by atoms with Gasteiger partial charge in [0.05, 0.1) is 17.7 Å². The fraction of sp³-hybridized carbons (Fsp3) is 0.200. The van der Waals surface area contributed by atoms with E-state index in [1.54, 1.807) is 7.11 Å². The summed E-state index contributed by atoms with van der Waals surface area (Å²) in [6.07, 6.45) is 0. The van der Waals surface area contributed by atoms with Gasteiger partial charge in [-0.1, -0.05) is 24.3 Å². The third kappa shape index (κ3) is 3.20. The van der Waals surface area contributed by atoms with E-state index in [2.05, 4.69) is 0 Å². The van der Waals surface area contributed by atoms with Gasteiger partial charge in [-0.2, -0.15) is 0 Å². The Morgan fingerprint density at radius 1 is 1.08 bits per heavy atom. The van der Waals surface area contributed by atoms with Crippen molar-refractivity contribution in [3.63, 3.8) is 0 Å². The van der Waals surface area contributed by atoms with Gasteiger partial charge in [0.25, 0.3) is 11.1 Å². The number of benzene rings is 2. The van der Waals surface area contributed by atoms with Gasteiger partial charge in [0.15, 0.2) is 0 Å². The molecule has 2 amide bonds. The van der Waals surface area contributed by atoms with Crippen molar-refractivity contribution in [2.75, 3.05) is 12.0 Å². The van der Waals surface area contributed by atoms with Gasteiger partial charge in [0.1, 0.15) is 5.75 Å². The Kier molecular flexibility index (Phi) is 4.68. The molecule has 0 aromatic heterocycles. The predicted octanol–water partition coefficient (Wildman–Crippen LogP) is 4.94. The predicted molar refractivity (Wildman–Crippen MR) is 102 cm³/mol. The number of nitrogens with zero attached hydrogens (tertiary/aromatic N) is 1. The van der Waals surface area contributed by atoms with Crippen LogP contribution in [0.25, 0.3) is 5.57 Å². The minimum atomic E-state index is -0.274. The van der Waals surface area contributed by atoms with Crippen LogP contribution in [0.15, 0.2) is 47.4 Å². The largest absolute Gasteiger partial charge is 0.497 e. The number of anilines is 1. The Hall–Kier alpha value is -2.53. The molecule has 0 saturated carbocycles. The van der Waals surface area contributed by atoms with Crippen molar-refractivity contribution in [3.05, 3.63) is 64.1 Å². The molecule has 1 aliphatic rings. The summed E-state index contributed by atoms with van der Waals surface area (Å²) in [6, 6.07) is 13.2. The van der Waals surface area contributed by atoms with Crippen LogP contribution in [0.5, 0.6) is 5.75 Å². The van der Waals surface area contributed by atoms with E-state index in [1.165, 1.54) is 4.90 Å². The molecule has 0 spiro atoms. The maximum Gasteiger partial charge on any atom is 0.298 e. The van der Waals surface area contributed by atoms with Gasteiger partial charge in [-0.15, -0.1) is 0 Å². The molecule has 0 aliphatic carbocycles. The fourth-order valence-electron chi connectivity index (χ4n) is 2.75. The Bertz CT molecular complexity index is 902. The van der Waals surface area contributed by atoms with Crippen LogP contribution in [0.3, 0.4) is 0 Å². The van der Waals surface area contributed by atoms with Crippen LogP contribution in [0.4, 0.5) is 10.5 Å². The summed E-state index contributed by atoms with van der Waals surface area (Å²) in [6.45, 7) is 5.70. The second-order valence-electron chi connectivity index (χ2n) is 5.98. The quantitative estimate of drug-likeness (QED) is 0.733. The van der Waals surface area contributed by atoms with Crippen LogP contribution in [-0.4, -0.2) is 18.3 Å². The lowest BCUT2D eigenvalue weighted by molar-refractivity contribution is -0.113. The third-order valence-electron chi connectivity index (χ3n) is 4.22. The van der Waals surface area contributed by atoms with Crippen molar-refractivity contribution in [2.45, 2.75) is 20.8 Å². The lowest BCUT2D eigenvalue weighted by Crippen LogP contribution is -2.28. The number of amides is 2. The van der Waals surface area contributed by atoms with Crippen LogP contribution >= 0.6 is 11.8 Å². The molecule has 1 aliphatic heterocycles. The Morgan fingerprint density at radius 2 is 1.84 bits per heavy atom. The lowest BCUT2D eigenvalue weighted by atomic mass is 10.1. The van der Waals surface area contributed by atoms with E-state index in [9.17, 15) is 9.59 Å². The average molecular weight is 353 g/mol. The zero-order valence-corrected chi connectivity index (χ0v) is 15.4. The van der Waals surface area contributed by atoms with Gasteiger partial charge in [-0.25, -0.2) is 4.90 Å². The smallest absolute Gasteiger partial charge is 0.298 e. The minimum absolute atomic E-state index is 0.268. The fourth-order valence-corrected chi connectivity index (χ4v) is 3.65. The normalized spacial score (nSPS) is 16.4. The Balaban J connectivity index is 2.04. The number of carbonyl (C=O) groups is 2. The summed E-state index contributed by atoms with van der Waals surface area (Å²) in [5.74, 6) is 0.439. The number of ether oxygens (including phenoxy) is 1. The molecule has 2 aromatic carbocycles. The number of hydrogen-bond acceptors (Lipinski definition) is 4.